The standard InChI is InChI=1S/C27H31N3O5S/c1-20-13-15-23(16-14-20)30(36(33,34)25-11-6-5-7-12-25)19-26(31)29(21(2)27(32)28-3)18-22-9-8-10-24(17-22)35-4/h5-17,21H,18-19H2,1-4H3,(H,28,32). The molecular weight excluding hydrogens is 478 g/mol. The van der Waals surface area contributed by atoms with Crippen LogP contribution in [0.4, 0.5) is 5.69 Å². The Morgan fingerprint density at radius 2 is 1.64 bits per heavy atom. The Bertz CT molecular complexity index is 1290. The fourth-order valence-electron chi connectivity index (χ4n) is 3.72. The SMILES string of the molecule is CNC(=O)C(C)N(Cc1cccc(OC)c1)C(=O)CN(c1ccc(C)cc1)S(=O)(=O)c1ccccc1. The summed E-state index contributed by atoms with van der Waals surface area (Å²) in [4.78, 5) is 27.7. The average molecular weight is 510 g/mol. The molecular formula is C27H31N3O5S. The van der Waals surface area contributed by atoms with Crippen LogP contribution >= 0.6 is 0 Å². The zero-order valence-corrected chi connectivity index (χ0v) is 21.7. The van der Waals surface area contributed by atoms with Gasteiger partial charge in [-0.15, -0.1) is 0 Å². The van der Waals surface area contributed by atoms with Crippen molar-refractivity contribution in [2.24, 2.45) is 0 Å². The molecule has 0 radical (unpaired) electrons. The molecule has 0 heterocycles. The molecule has 3 aromatic rings. The van der Waals surface area contributed by atoms with Crippen molar-refractivity contribution < 1.29 is 22.7 Å². The number of carbonyl (C=O) groups excluding carboxylic acids is 2. The second-order valence-corrected chi connectivity index (χ2v) is 10.2. The maximum absolute atomic E-state index is 13.7. The van der Waals surface area contributed by atoms with Gasteiger partial charge in [0, 0.05) is 13.6 Å². The van der Waals surface area contributed by atoms with E-state index in [1.54, 1.807) is 74.7 Å². The summed E-state index contributed by atoms with van der Waals surface area (Å²) in [5.74, 6) is -0.270. The number of carbonyl (C=O) groups is 2. The first kappa shape index (κ1) is 26.7. The summed E-state index contributed by atoms with van der Waals surface area (Å²) in [6.45, 7) is 3.12. The lowest BCUT2D eigenvalue weighted by molar-refractivity contribution is -0.139. The number of sulfonamides is 1. The van der Waals surface area contributed by atoms with Gasteiger partial charge in [0.1, 0.15) is 18.3 Å². The molecule has 2 amide bonds. The number of benzene rings is 3. The number of aryl methyl sites for hydroxylation is 1. The van der Waals surface area contributed by atoms with Crippen molar-refractivity contribution in [1.82, 2.24) is 10.2 Å². The van der Waals surface area contributed by atoms with Gasteiger partial charge in [-0.3, -0.25) is 13.9 Å². The molecule has 0 aromatic heterocycles. The van der Waals surface area contributed by atoms with Gasteiger partial charge in [-0.25, -0.2) is 8.42 Å². The molecule has 0 spiro atoms. The fraction of sp³-hybridized carbons (Fsp3) is 0.259. The van der Waals surface area contributed by atoms with Crippen LogP contribution in [0.5, 0.6) is 5.75 Å². The van der Waals surface area contributed by atoms with Gasteiger partial charge in [0.25, 0.3) is 10.0 Å². The molecule has 1 atom stereocenters. The monoisotopic (exact) mass is 509 g/mol. The van der Waals surface area contributed by atoms with Gasteiger partial charge in [-0.1, -0.05) is 48.0 Å². The Labute approximate surface area is 212 Å². The van der Waals surface area contributed by atoms with Crippen LogP contribution in [0.2, 0.25) is 0 Å². The lowest BCUT2D eigenvalue weighted by Gasteiger charge is -2.31. The van der Waals surface area contributed by atoms with Gasteiger partial charge >= 0.3 is 0 Å². The van der Waals surface area contributed by atoms with Crippen LogP contribution in [-0.2, 0) is 26.2 Å². The number of methoxy groups -OCH3 is 1. The number of ether oxygens (including phenoxy) is 1. The van der Waals surface area contributed by atoms with Crippen LogP contribution in [0.15, 0.2) is 83.8 Å². The van der Waals surface area contributed by atoms with Crippen molar-refractivity contribution in [2.75, 3.05) is 25.0 Å². The topological polar surface area (TPSA) is 96.0 Å². The predicted molar refractivity (Wildman–Crippen MR) is 139 cm³/mol. The minimum absolute atomic E-state index is 0.0667. The number of nitrogens with zero attached hydrogens (tertiary/aromatic N) is 2. The molecule has 0 aliphatic rings. The molecule has 9 heteroatoms. The summed E-state index contributed by atoms with van der Waals surface area (Å²) >= 11 is 0. The Hall–Kier alpha value is -3.85. The van der Waals surface area contributed by atoms with Gasteiger partial charge in [0.05, 0.1) is 17.7 Å². The quantitative estimate of drug-likeness (QED) is 0.452. The predicted octanol–water partition coefficient (Wildman–Crippen LogP) is 3.36. The van der Waals surface area contributed by atoms with Crippen LogP contribution in [0, 0.1) is 6.92 Å². The highest BCUT2D eigenvalue weighted by Gasteiger charge is 2.32. The second kappa shape index (κ2) is 11.7. The zero-order valence-electron chi connectivity index (χ0n) is 20.8. The van der Waals surface area contributed by atoms with Crippen molar-refractivity contribution in [3.8, 4) is 5.75 Å². The molecule has 1 unspecified atom stereocenters. The number of amides is 2. The lowest BCUT2D eigenvalue weighted by Crippen LogP contribution is -2.50. The molecule has 3 rings (SSSR count). The highest BCUT2D eigenvalue weighted by Crippen LogP contribution is 2.25. The average Bonchev–Trinajstić information content (AvgIpc) is 2.90. The number of anilines is 1. The van der Waals surface area contributed by atoms with Gasteiger partial charge < -0.3 is 15.0 Å². The Morgan fingerprint density at radius 3 is 2.25 bits per heavy atom. The largest absolute Gasteiger partial charge is 0.497 e. The van der Waals surface area contributed by atoms with Gasteiger partial charge in [-0.05, 0) is 55.8 Å². The summed E-state index contributed by atoms with van der Waals surface area (Å²) < 4.78 is 33.6. The van der Waals surface area contributed by atoms with Crippen molar-refractivity contribution in [3.63, 3.8) is 0 Å². The highest BCUT2D eigenvalue weighted by atomic mass is 32.2. The van der Waals surface area contributed by atoms with E-state index < -0.39 is 28.5 Å². The normalized spacial score (nSPS) is 11.9. The summed E-state index contributed by atoms with van der Waals surface area (Å²) in [6.07, 6.45) is 0. The van der Waals surface area contributed by atoms with Crippen molar-refractivity contribution in [2.45, 2.75) is 31.3 Å². The van der Waals surface area contributed by atoms with E-state index in [0.717, 1.165) is 15.4 Å². The van der Waals surface area contributed by atoms with E-state index in [9.17, 15) is 18.0 Å². The number of rotatable bonds is 10. The van der Waals surface area contributed by atoms with Crippen LogP contribution in [0.1, 0.15) is 18.1 Å². The third kappa shape index (κ3) is 6.23. The van der Waals surface area contributed by atoms with Crippen LogP contribution < -0.4 is 14.4 Å². The third-order valence-corrected chi connectivity index (χ3v) is 7.62. The molecule has 0 fully saturated rings. The van der Waals surface area contributed by atoms with E-state index in [2.05, 4.69) is 5.32 Å². The molecule has 36 heavy (non-hydrogen) atoms. The van der Waals surface area contributed by atoms with Crippen LogP contribution in [-0.4, -0.2) is 51.9 Å². The molecule has 0 saturated heterocycles. The highest BCUT2D eigenvalue weighted by molar-refractivity contribution is 7.92. The van der Waals surface area contributed by atoms with Crippen LogP contribution in [0.3, 0.4) is 0 Å². The molecule has 8 nitrogen and oxygen atoms in total. The van der Waals surface area contributed by atoms with Gasteiger partial charge in [0.15, 0.2) is 0 Å². The summed E-state index contributed by atoms with van der Waals surface area (Å²) in [6, 6.07) is 21.2. The molecule has 0 aliphatic carbocycles. The smallest absolute Gasteiger partial charge is 0.264 e. The molecule has 0 bridgehead atoms. The van der Waals surface area contributed by atoms with Gasteiger partial charge in [-0.2, -0.15) is 0 Å². The lowest BCUT2D eigenvalue weighted by atomic mass is 10.1. The van der Waals surface area contributed by atoms with Crippen molar-refractivity contribution in [1.29, 1.82) is 0 Å². The molecule has 3 aromatic carbocycles. The Balaban J connectivity index is 2.01. The number of nitrogens with one attached hydrogen (secondary N) is 1. The minimum atomic E-state index is -4.07. The first-order valence-corrected chi connectivity index (χ1v) is 12.9. The van der Waals surface area contributed by atoms with E-state index in [0.29, 0.717) is 11.4 Å². The summed E-state index contributed by atoms with van der Waals surface area (Å²) in [5.41, 5.74) is 2.05. The van der Waals surface area contributed by atoms with Crippen LogP contribution in [0.25, 0.3) is 0 Å². The van der Waals surface area contributed by atoms with E-state index in [4.69, 9.17) is 4.74 Å². The van der Waals surface area contributed by atoms with E-state index in [1.807, 2.05) is 13.0 Å². The zero-order chi connectivity index (χ0) is 26.3. The van der Waals surface area contributed by atoms with Crippen molar-refractivity contribution in [3.05, 3.63) is 90.0 Å². The van der Waals surface area contributed by atoms with Gasteiger partial charge in [0.2, 0.25) is 11.8 Å². The molecule has 190 valence electrons. The fourth-order valence-corrected chi connectivity index (χ4v) is 5.15. The molecule has 0 saturated carbocycles. The van der Waals surface area contributed by atoms with Crippen molar-refractivity contribution >= 4 is 27.5 Å². The molecule has 1 N–H and O–H groups in total. The van der Waals surface area contributed by atoms with E-state index >= 15 is 0 Å². The van der Waals surface area contributed by atoms with E-state index in [1.165, 1.54) is 24.1 Å². The Morgan fingerprint density at radius 1 is 0.972 bits per heavy atom. The minimum Gasteiger partial charge on any atom is -0.497 e. The maximum atomic E-state index is 13.7. The first-order chi connectivity index (χ1) is 17.2. The third-order valence-electron chi connectivity index (χ3n) is 5.83. The Kier molecular flexibility index (Phi) is 8.71. The number of hydrogen-bond acceptors (Lipinski definition) is 5. The maximum Gasteiger partial charge on any atom is 0.264 e. The van der Waals surface area contributed by atoms with E-state index in [-0.39, 0.29) is 17.3 Å². The first-order valence-electron chi connectivity index (χ1n) is 11.5. The summed E-state index contributed by atoms with van der Waals surface area (Å²) in [5, 5.41) is 2.57. The number of hydrogen-bond donors (Lipinski definition) is 1. The second-order valence-electron chi connectivity index (χ2n) is 8.32. The number of likely N-dealkylation sites (N-methyl/N-ethyl adjacent to an activating group) is 1. The summed E-state index contributed by atoms with van der Waals surface area (Å²) in [7, 11) is -1.03. The molecule has 0 aliphatic heterocycles.